The maximum atomic E-state index is 12.5. The molecule has 0 bridgehead atoms. The lowest BCUT2D eigenvalue weighted by Crippen LogP contribution is -2.25. The average Bonchev–Trinajstić information content (AvgIpc) is 2.89. The molecule has 0 saturated heterocycles. The van der Waals surface area contributed by atoms with E-state index in [0.717, 1.165) is 37.2 Å². The summed E-state index contributed by atoms with van der Waals surface area (Å²) < 4.78 is 1.83. The number of carbonyl (C=O) groups is 1. The van der Waals surface area contributed by atoms with Crippen LogP contribution in [0, 0.1) is 0 Å². The highest BCUT2D eigenvalue weighted by Gasteiger charge is 2.17. The van der Waals surface area contributed by atoms with Crippen LogP contribution >= 0.6 is 0 Å². The lowest BCUT2D eigenvalue weighted by atomic mass is 9.92. The van der Waals surface area contributed by atoms with E-state index in [0.29, 0.717) is 6.42 Å². The fourth-order valence-corrected chi connectivity index (χ4v) is 2.82. The first kappa shape index (κ1) is 13.1. The fourth-order valence-electron chi connectivity index (χ4n) is 2.82. The lowest BCUT2D eigenvalue weighted by molar-refractivity contribution is 0.0981. The minimum atomic E-state index is 0.241. The number of hydrogen-bond donors (Lipinski definition) is 1. The maximum Gasteiger partial charge on any atom is 0.163 e. The third-order valence-corrected chi connectivity index (χ3v) is 3.97. The third kappa shape index (κ3) is 2.51. The molecule has 4 heteroatoms. The van der Waals surface area contributed by atoms with E-state index >= 15 is 0 Å². The second-order valence-electron chi connectivity index (χ2n) is 5.24. The molecule has 0 radical (unpaired) electrons. The third-order valence-electron chi connectivity index (χ3n) is 3.97. The molecular formula is C16H19N3O. The number of aryl methyl sites for hydroxylation is 2. The molecule has 1 N–H and O–H groups in total. The molecule has 3 rings (SSSR count). The van der Waals surface area contributed by atoms with Gasteiger partial charge in [-0.25, -0.2) is 0 Å². The minimum Gasteiger partial charge on any atom is -0.312 e. The van der Waals surface area contributed by atoms with E-state index in [9.17, 15) is 4.79 Å². The summed E-state index contributed by atoms with van der Waals surface area (Å²) in [7, 11) is 1.91. The minimum absolute atomic E-state index is 0.241. The van der Waals surface area contributed by atoms with Crippen LogP contribution in [0.15, 0.2) is 30.5 Å². The van der Waals surface area contributed by atoms with Crippen molar-refractivity contribution < 1.29 is 4.79 Å². The van der Waals surface area contributed by atoms with Gasteiger partial charge in [0.25, 0.3) is 0 Å². The maximum absolute atomic E-state index is 12.5. The highest BCUT2D eigenvalue weighted by Crippen LogP contribution is 2.20. The second kappa shape index (κ2) is 5.59. The van der Waals surface area contributed by atoms with E-state index in [1.807, 2.05) is 29.9 Å². The molecule has 0 amide bonds. The van der Waals surface area contributed by atoms with E-state index in [-0.39, 0.29) is 5.78 Å². The normalized spacial score (nSPS) is 14.1. The van der Waals surface area contributed by atoms with Gasteiger partial charge in [0.15, 0.2) is 5.78 Å². The summed E-state index contributed by atoms with van der Waals surface area (Å²) in [6.07, 6.45) is 4.01. The Morgan fingerprint density at radius 2 is 2.30 bits per heavy atom. The zero-order valence-electron chi connectivity index (χ0n) is 11.7. The van der Waals surface area contributed by atoms with Crippen molar-refractivity contribution >= 4 is 5.78 Å². The van der Waals surface area contributed by atoms with Crippen molar-refractivity contribution in [2.24, 2.45) is 7.05 Å². The van der Waals surface area contributed by atoms with E-state index in [1.54, 1.807) is 6.20 Å². The largest absolute Gasteiger partial charge is 0.312 e. The molecule has 0 fully saturated rings. The summed E-state index contributed by atoms with van der Waals surface area (Å²) in [5.41, 5.74) is 4.51. The van der Waals surface area contributed by atoms with Crippen molar-refractivity contribution in [1.82, 2.24) is 15.1 Å². The summed E-state index contributed by atoms with van der Waals surface area (Å²) in [5, 5.41) is 7.48. The summed E-state index contributed by atoms with van der Waals surface area (Å²) >= 11 is 0. The van der Waals surface area contributed by atoms with Gasteiger partial charge in [-0.2, -0.15) is 5.10 Å². The molecule has 104 valence electrons. The van der Waals surface area contributed by atoms with Crippen molar-refractivity contribution in [2.75, 3.05) is 6.54 Å². The molecule has 0 spiro atoms. The molecule has 0 atom stereocenters. The van der Waals surface area contributed by atoms with Gasteiger partial charge in [0.1, 0.15) is 0 Å². The SMILES string of the molecule is Cn1nccc1CCC(=O)c1cccc2c1CCNC2. The molecule has 0 unspecified atom stereocenters. The molecule has 20 heavy (non-hydrogen) atoms. The summed E-state index contributed by atoms with van der Waals surface area (Å²) in [5.74, 6) is 0.241. The van der Waals surface area contributed by atoms with E-state index in [4.69, 9.17) is 0 Å². The molecule has 1 aromatic carbocycles. The molecule has 2 heterocycles. The molecule has 0 aliphatic carbocycles. The molecule has 1 aliphatic rings. The Labute approximate surface area is 118 Å². The standard InChI is InChI=1S/C16H19N3O/c1-19-13(7-10-18-19)5-6-16(20)15-4-2-3-12-11-17-9-8-14(12)15/h2-4,7,10,17H,5-6,8-9,11H2,1H3. The van der Waals surface area contributed by atoms with Crippen molar-refractivity contribution in [2.45, 2.75) is 25.8 Å². The number of fused-ring (bicyclic) bond motifs is 1. The predicted molar refractivity (Wildman–Crippen MR) is 77.7 cm³/mol. The summed E-state index contributed by atoms with van der Waals surface area (Å²) in [6.45, 7) is 1.83. The first-order chi connectivity index (χ1) is 9.75. The molecular weight excluding hydrogens is 250 g/mol. The Morgan fingerprint density at radius 1 is 1.40 bits per heavy atom. The molecule has 1 aromatic heterocycles. The number of ketones is 1. The monoisotopic (exact) mass is 269 g/mol. The Kier molecular flexibility index (Phi) is 3.65. The van der Waals surface area contributed by atoms with Crippen LogP contribution in [-0.2, 0) is 26.4 Å². The van der Waals surface area contributed by atoms with Gasteiger partial charge >= 0.3 is 0 Å². The Bertz CT molecular complexity index is 630. The number of nitrogens with zero attached hydrogens (tertiary/aromatic N) is 2. The van der Waals surface area contributed by atoms with Crippen LogP contribution in [0.3, 0.4) is 0 Å². The number of benzene rings is 1. The smallest absolute Gasteiger partial charge is 0.163 e. The second-order valence-corrected chi connectivity index (χ2v) is 5.24. The van der Waals surface area contributed by atoms with Crippen LogP contribution in [0.5, 0.6) is 0 Å². The van der Waals surface area contributed by atoms with Gasteiger partial charge in [0, 0.05) is 37.5 Å². The average molecular weight is 269 g/mol. The fraction of sp³-hybridized carbons (Fsp3) is 0.375. The zero-order chi connectivity index (χ0) is 13.9. The summed E-state index contributed by atoms with van der Waals surface area (Å²) in [6, 6.07) is 8.04. The molecule has 1 aliphatic heterocycles. The van der Waals surface area contributed by atoms with Crippen molar-refractivity contribution in [3.05, 3.63) is 52.8 Å². The number of Topliss-reactive ketones (excluding diaryl/α,β-unsaturated/α-hetero) is 1. The number of aromatic nitrogens is 2. The highest BCUT2D eigenvalue weighted by atomic mass is 16.1. The lowest BCUT2D eigenvalue weighted by Gasteiger charge is -2.19. The van der Waals surface area contributed by atoms with Crippen molar-refractivity contribution in [3.8, 4) is 0 Å². The summed E-state index contributed by atoms with van der Waals surface area (Å²) in [4.78, 5) is 12.5. The zero-order valence-corrected chi connectivity index (χ0v) is 11.7. The van der Waals surface area contributed by atoms with E-state index < -0.39 is 0 Å². The van der Waals surface area contributed by atoms with Crippen molar-refractivity contribution in [1.29, 1.82) is 0 Å². The van der Waals surface area contributed by atoms with Crippen LogP contribution in [-0.4, -0.2) is 22.1 Å². The number of nitrogens with one attached hydrogen (secondary N) is 1. The van der Waals surface area contributed by atoms with E-state index in [1.165, 1.54) is 11.1 Å². The number of rotatable bonds is 4. The van der Waals surface area contributed by atoms with Crippen LogP contribution in [0.2, 0.25) is 0 Å². The number of carbonyl (C=O) groups excluding carboxylic acids is 1. The highest BCUT2D eigenvalue weighted by molar-refractivity contribution is 5.98. The van der Waals surface area contributed by atoms with Crippen LogP contribution in [0.25, 0.3) is 0 Å². The van der Waals surface area contributed by atoms with E-state index in [2.05, 4.69) is 16.5 Å². The van der Waals surface area contributed by atoms with Gasteiger partial charge in [0.2, 0.25) is 0 Å². The predicted octanol–water partition coefficient (Wildman–Crippen LogP) is 1.88. The van der Waals surface area contributed by atoms with Gasteiger partial charge in [-0.15, -0.1) is 0 Å². The molecule has 0 saturated carbocycles. The Hall–Kier alpha value is -1.94. The van der Waals surface area contributed by atoms with Gasteiger partial charge in [0.05, 0.1) is 0 Å². The first-order valence-corrected chi connectivity index (χ1v) is 7.07. The van der Waals surface area contributed by atoms with Gasteiger partial charge in [-0.05, 0) is 36.6 Å². The van der Waals surface area contributed by atoms with Crippen molar-refractivity contribution in [3.63, 3.8) is 0 Å². The van der Waals surface area contributed by atoms with Gasteiger partial charge in [-0.1, -0.05) is 18.2 Å². The van der Waals surface area contributed by atoms with Gasteiger partial charge < -0.3 is 5.32 Å². The van der Waals surface area contributed by atoms with Crippen LogP contribution < -0.4 is 5.32 Å². The first-order valence-electron chi connectivity index (χ1n) is 7.07. The Balaban J connectivity index is 1.76. The topological polar surface area (TPSA) is 46.9 Å². The Morgan fingerprint density at radius 3 is 3.10 bits per heavy atom. The van der Waals surface area contributed by atoms with Crippen LogP contribution in [0.4, 0.5) is 0 Å². The quantitative estimate of drug-likeness (QED) is 0.862. The van der Waals surface area contributed by atoms with Crippen LogP contribution in [0.1, 0.15) is 33.6 Å². The molecule has 2 aromatic rings. The molecule has 4 nitrogen and oxygen atoms in total. The number of hydrogen-bond acceptors (Lipinski definition) is 3. The van der Waals surface area contributed by atoms with Gasteiger partial charge in [-0.3, -0.25) is 9.48 Å².